The molecule has 19 heavy (non-hydrogen) atoms. The smallest absolute Gasteiger partial charge is 0.240 e. The quantitative estimate of drug-likeness (QED) is 0.884. The van der Waals surface area contributed by atoms with E-state index >= 15 is 0 Å². The van der Waals surface area contributed by atoms with Gasteiger partial charge >= 0.3 is 0 Å². The summed E-state index contributed by atoms with van der Waals surface area (Å²) in [7, 11) is 0. The molecule has 1 N–H and O–H groups in total. The van der Waals surface area contributed by atoms with Gasteiger partial charge in [-0.1, -0.05) is 18.0 Å². The van der Waals surface area contributed by atoms with Gasteiger partial charge in [0.25, 0.3) is 0 Å². The van der Waals surface area contributed by atoms with Crippen molar-refractivity contribution in [1.29, 1.82) is 0 Å². The summed E-state index contributed by atoms with van der Waals surface area (Å²) in [6.45, 7) is 1.57. The lowest BCUT2D eigenvalue weighted by Gasteiger charge is -2.20. The average Bonchev–Trinajstić information content (AvgIpc) is 3.09. The van der Waals surface area contributed by atoms with Crippen molar-refractivity contribution in [3.05, 3.63) is 11.7 Å². The first-order valence-electron chi connectivity index (χ1n) is 7.56. The highest BCUT2D eigenvalue weighted by Crippen LogP contribution is 2.18. The van der Waals surface area contributed by atoms with E-state index in [1.165, 1.54) is 38.5 Å². The molecule has 0 amide bonds. The maximum absolute atomic E-state index is 5.70. The average molecular weight is 265 g/mol. The van der Waals surface area contributed by atoms with E-state index in [1.54, 1.807) is 0 Å². The lowest BCUT2D eigenvalue weighted by molar-refractivity contribution is 0.0153. The van der Waals surface area contributed by atoms with Crippen molar-refractivity contribution in [1.82, 2.24) is 15.5 Å². The predicted molar refractivity (Wildman–Crippen MR) is 70.7 cm³/mol. The van der Waals surface area contributed by atoms with Crippen LogP contribution in [0.1, 0.15) is 56.7 Å². The number of ether oxygens (including phenoxy) is 1. The summed E-state index contributed by atoms with van der Waals surface area (Å²) >= 11 is 0. The standard InChI is InChI=1S/C14H23N3O2/c1-2-6-11(5-1)15-10-14-16-13(17-19-14)9-12-7-3-4-8-18-12/h11-12,15H,1-10H2. The molecule has 1 saturated carbocycles. The lowest BCUT2D eigenvalue weighted by atomic mass is 10.1. The van der Waals surface area contributed by atoms with E-state index in [0.29, 0.717) is 18.5 Å². The Morgan fingerprint density at radius 1 is 1.11 bits per heavy atom. The molecule has 1 aromatic rings. The van der Waals surface area contributed by atoms with E-state index in [-0.39, 0.29) is 6.10 Å². The molecule has 2 fully saturated rings. The highest BCUT2D eigenvalue weighted by atomic mass is 16.5. The number of nitrogens with zero attached hydrogens (tertiary/aromatic N) is 2. The van der Waals surface area contributed by atoms with Crippen molar-refractivity contribution in [2.24, 2.45) is 0 Å². The third-order valence-corrected chi connectivity index (χ3v) is 4.09. The molecule has 1 aromatic heterocycles. The van der Waals surface area contributed by atoms with Crippen LogP contribution in [0.5, 0.6) is 0 Å². The molecule has 5 nitrogen and oxygen atoms in total. The van der Waals surface area contributed by atoms with Crippen molar-refractivity contribution in [2.45, 2.75) is 70.1 Å². The molecular weight excluding hydrogens is 242 g/mol. The van der Waals surface area contributed by atoms with Gasteiger partial charge < -0.3 is 14.6 Å². The zero-order valence-corrected chi connectivity index (χ0v) is 11.4. The van der Waals surface area contributed by atoms with Gasteiger partial charge in [-0.05, 0) is 32.1 Å². The normalized spacial score (nSPS) is 24.9. The molecule has 2 heterocycles. The van der Waals surface area contributed by atoms with Crippen molar-refractivity contribution in [2.75, 3.05) is 6.61 Å². The Morgan fingerprint density at radius 3 is 2.74 bits per heavy atom. The minimum Gasteiger partial charge on any atom is -0.378 e. The Morgan fingerprint density at radius 2 is 1.95 bits per heavy atom. The van der Waals surface area contributed by atoms with Crippen LogP contribution in [0.4, 0.5) is 0 Å². The Labute approximate surface area is 114 Å². The maximum atomic E-state index is 5.70. The van der Waals surface area contributed by atoms with Gasteiger partial charge in [-0.15, -0.1) is 0 Å². The van der Waals surface area contributed by atoms with Gasteiger partial charge in [-0.25, -0.2) is 0 Å². The molecule has 5 heteroatoms. The van der Waals surface area contributed by atoms with Crippen LogP contribution in [0.3, 0.4) is 0 Å². The SMILES string of the molecule is C1CCC(Cc2noc(CNC3CCCC3)n2)OC1. The summed E-state index contributed by atoms with van der Waals surface area (Å²) in [5.74, 6) is 1.49. The van der Waals surface area contributed by atoms with Gasteiger partial charge in [0.2, 0.25) is 5.89 Å². The van der Waals surface area contributed by atoms with Gasteiger partial charge in [-0.2, -0.15) is 4.98 Å². The fraction of sp³-hybridized carbons (Fsp3) is 0.857. The molecule has 1 saturated heterocycles. The predicted octanol–water partition coefficient (Wildman–Crippen LogP) is 2.21. The molecule has 3 rings (SSSR count). The zero-order chi connectivity index (χ0) is 12.9. The molecule has 0 aromatic carbocycles. The minimum atomic E-state index is 0.280. The summed E-state index contributed by atoms with van der Waals surface area (Å²) < 4.78 is 11.0. The number of hydrogen-bond donors (Lipinski definition) is 1. The van der Waals surface area contributed by atoms with Crippen LogP contribution in [0.15, 0.2) is 4.52 Å². The van der Waals surface area contributed by atoms with E-state index in [0.717, 1.165) is 25.3 Å². The minimum absolute atomic E-state index is 0.280. The van der Waals surface area contributed by atoms with E-state index in [9.17, 15) is 0 Å². The number of nitrogens with one attached hydrogen (secondary N) is 1. The molecule has 2 aliphatic rings. The second-order valence-electron chi connectivity index (χ2n) is 5.66. The van der Waals surface area contributed by atoms with Crippen LogP contribution in [0.2, 0.25) is 0 Å². The van der Waals surface area contributed by atoms with Crippen molar-refractivity contribution >= 4 is 0 Å². The fourth-order valence-electron chi connectivity index (χ4n) is 2.98. The van der Waals surface area contributed by atoms with E-state index in [4.69, 9.17) is 9.26 Å². The monoisotopic (exact) mass is 265 g/mol. The van der Waals surface area contributed by atoms with Crippen molar-refractivity contribution < 1.29 is 9.26 Å². The second kappa shape index (κ2) is 6.48. The van der Waals surface area contributed by atoms with E-state index in [2.05, 4.69) is 15.5 Å². The largest absolute Gasteiger partial charge is 0.378 e. The molecule has 1 aliphatic carbocycles. The third kappa shape index (κ3) is 3.76. The van der Waals surface area contributed by atoms with Gasteiger partial charge in [-0.3, -0.25) is 0 Å². The van der Waals surface area contributed by atoms with E-state index in [1.807, 2.05) is 0 Å². The van der Waals surface area contributed by atoms with Gasteiger partial charge in [0, 0.05) is 19.1 Å². The Bertz CT molecular complexity index is 382. The van der Waals surface area contributed by atoms with E-state index < -0.39 is 0 Å². The second-order valence-corrected chi connectivity index (χ2v) is 5.66. The highest BCUT2D eigenvalue weighted by molar-refractivity contribution is 4.90. The van der Waals surface area contributed by atoms with Crippen LogP contribution in [-0.2, 0) is 17.7 Å². The number of aromatic nitrogens is 2. The highest BCUT2D eigenvalue weighted by Gasteiger charge is 2.19. The first-order chi connectivity index (χ1) is 9.40. The molecule has 1 unspecified atom stereocenters. The maximum Gasteiger partial charge on any atom is 0.240 e. The van der Waals surface area contributed by atoms with Gasteiger partial charge in [0.05, 0.1) is 12.6 Å². The molecule has 106 valence electrons. The fourth-order valence-corrected chi connectivity index (χ4v) is 2.98. The molecule has 0 bridgehead atoms. The van der Waals surface area contributed by atoms with Gasteiger partial charge in [0.15, 0.2) is 5.82 Å². The Kier molecular flexibility index (Phi) is 4.45. The summed E-state index contributed by atoms with van der Waals surface area (Å²) in [4.78, 5) is 4.45. The summed E-state index contributed by atoms with van der Waals surface area (Å²) in [6, 6.07) is 0.636. The summed E-state index contributed by atoms with van der Waals surface area (Å²) in [5, 5.41) is 7.54. The van der Waals surface area contributed by atoms with Crippen LogP contribution >= 0.6 is 0 Å². The van der Waals surface area contributed by atoms with Crippen LogP contribution in [0.25, 0.3) is 0 Å². The molecular formula is C14H23N3O2. The Hall–Kier alpha value is -0.940. The zero-order valence-electron chi connectivity index (χ0n) is 11.4. The third-order valence-electron chi connectivity index (χ3n) is 4.09. The number of rotatable bonds is 5. The van der Waals surface area contributed by atoms with Crippen LogP contribution < -0.4 is 5.32 Å². The van der Waals surface area contributed by atoms with Gasteiger partial charge in [0.1, 0.15) is 0 Å². The lowest BCUT2D eigenvalue weighted by Crippen LogP contribution is -2.25. The summed E-state index contributed by atoms with van der Waals surface area (Å²) in [5.41, 5.74) is 0. The topological polar surface area (TPSA) is 60.2 Å². The Balaban J connectivity index is 1.45. The van der Waals surface area contributed by atoms with Crippen molar-refractivity contribution in [3.63, 3.8) is 0 Å². The summed E-state index contributed by atoms with van der Waals surface area (Å²) in [6.07, 6.45) is 9.84. The number of hydrogen-bond acceptors (Lipinski definition) is 5. The van der Waals surface area contributed by atoms with Crippen molar-refractivity contribution in [3.8, 4) is 0 Å². The molecule has 1 aliphatic heterocycles. The molecule has 0 radical (unpaired) electrons. The first-order valence-corrected chi connectivity index (χ1v) is 7.56. The molecule has 1 atom stereocenters. The first kappa shape index (κ1) is 13.1. The van der Waals surface area contributed by atoms with Crippen LogP contribution in [0, 0.1) is 0 Å². The van der Waals surface area contributed by atoms with Crippen LogP contribution in [-0.4, -0.2) is 28.9 Å². The molecule has 0 spiro atoms.